The topological polar surface area (TPSA) is 71.3 Å². The Labute approximate surface area is 156 Å². The molecule has 0 spiro atoms. The number of rotatable bonds is 5. The molecule has 0 aliphatic heterocycles. The normalized spacial score (nSPS) is 10.9. The fourth-order valence-electron chi connectivity index (χ4n) is 3.19. The fraction of sp³-hybridized carbons (Fsp3) is 0.238. The highest BCUT2D eigenvalue weighted by Gasteiger charge is 2.22. The lowest BCUT2D eigenvalue weighted by atomic mass is 10.1. The van der Waals surface area contributed by atoms with Crippen molar-refractivity contribution in [3.63, 3.8) is 0 Å². The van der Waals surface area contributed by atoms with Crippen LogP contribution in [0.2, 0.25) is 0 Å². The first-order chi connectivity index (χ1) is 12.9. The molecule has 3 rings (SSSR count). The zero-order valence-corrected chi connectivity index (χ0v) is 15.3. The van der Waals surface area contributed by atoms with Crippen molar-refractivity contribution in [3.8, 4) is 5.75 Å². The zero-order chi connectivity index (χ0) is 19.6. The van der Waals surface area contributed by atoms with Gasteiger partial charge >= 0.3 is 0 Å². The Morgan fingerprint density at radius 1 is 1.19 bits per heavy atom. The Kier molecular flexibility index (Phi) is 5.26. The molecular weight excluding hydrogens is 347 g/mol. The van der Waals surface area contributed by atoms with Crippen LogP contribution in [0.3, 0.4) is 0 Å². The van der Waals surface area contributed by atoms with E-state index in [1.807, 2.05) is 6.92 Å². The number of carbonyl (C=O) groups excluding carboxylic acids is 2. The average molecular weight is 368 g/mol. The Morgan fingerprint density at radius 2 is 1.96 bits per heavy atom. The predicted molar refractivity (Wildman–Crippen MR) is 101 cm³/mol. The van der Waals surface area contributed by atoms with Crippen molar-refractivity contribution in [1.82, 2.24) is 9.88 Å². The third-order valence-electron chi connectivity index (χ3n) is 4.50. The van der Waals surface area contributed by atoms with Gasteiger partial charge in [0.2, 0.25) is 5.91 Å². The van der Waals surface area contributed by atoms with Gasteiger partial charge in [0, 0.05) is 23.2 Å². The molecule has 0 unspecified atom stereocenters. The van der Waals surface area contributed by atoms with E-state index in [0.717, 1.165) is 6.42 Å². The number of fused-ring (bicyclic) bond motifs is 1. The van der Waals surface area contributed by atoms with Gasteiger partial charge in [-0.25, -0.2) is 4.39 Å². The van der Waals surface area contributed by atoms with Crippen molar-refractivity contribution in [1.29, 1.82) is 0 Å². The highest BCUT2D eigenvalue weighted by Crippen LogP contribution is 2.30. The summed E-state index contributed by atoms with van der Waals surface area (Å²) in [5.41, 5.74) is 2.04. The number of benzene rings is 2. The Balaban J connectivity index is 2.12. The highest BCUT2D eigenvalue weighted by atomic mass is 19.1. The number of nitrogens with zero attached hydrogens (tertiary/aromatic N) is 1. The molecule has 0 aliphatic carbocycles. The Morgan fingerprint density at radius 3 is 2.67 bits per heavy atom. The first-order valence-electron chi connectivity index (χ1n) is 8.82. The van der Waals surface area contributed by atoms with Gasteiger partial charge in [0.25, 0.3) is 5.91 Å². The first kappa shape index (κ1) is 18.6. The molecular formula is C21H21FN2O3. The Bertz CT molecular complexity index is 1020. The number of hydrogen-bond acceptors (Lipinski definition) is 3. The van der Waals surface area contributed by atoms with E-state index in [1.165, 1.54) is 28.8 Å². The van der Waals surface area contributed by atoms with Crippen LogP contribution in [0.25, 0.3) is 10.9 Å². The molecule has 5 nitrogen and oxygen atoms in total. The molecule has 1 aromatic heterocycles. The molecule has 0 atom stereocenters. The lowest BCUT2D eigenvalue weighted by Crippen LogP contribution is -2.26. The molecule has 0 saturated carbocycles. The molecule has 27 heavy (non-hydrogen) atoms. The van der Waals surface area contributed by atoms with E-state index < -0.39 is 5.82 Å². The quantitative estimate of drug-likeness (QED) is 0.723. The number of halogens is 1. The maximum absolute atomic E-state index is 13.6. The smallest absolute Gasteiger partial charge is 0.262 e. The molecule has 140 valence electrons. The van der Waals surface area contributed by atoms with Crippen molar-refractivity contribution >= 4 is 22.7 Å². The number of hydrogen-bond donors (Lipinski definition) is 2. The number of aromatic hydroxyl groups is 1. The van der Waals surface area contributed by atoms with E-state index >= 15 is 0 Å². The fourth-order valence-corrected chi connectivity index (χ4v) is 3.19. The number of aromatic nitrogens is 1. The van der Waals surface area contributed by atoms with Gasteiger partial charge in [-0.15, -0.1) is 0 Å². The maximum atomic E-state index is 13.6. The van der Waals surface area contributed by atoms with Crippen LogP contribution in [0.5, 0.6) is 5.75 Å². The summed E-state index contributed by atoms with van der Waals surface area (Å²) in [7, 11) is 0. The second-order valence-corrected chi connectivity index (χ2v) is 6.44. The molecule has 0 fully saturated rings. The summed E-state index contributed by atoms with van der Waals surface area (Å²) in [6.07, 6.45) is 0.917. The predicted octanol–water partition coefficient (Wildman–Crippen LogP) is 3.55. The van der Waals surface area contributed by atoms with Gasteiger partial charge in [-0.2, -0.15) is 0 Å². The van der Waals surface area contributed by atoms with Crippen LogP contribution in [0, 0.1) is 12.7 Å². The summed E-state index contributed by atoms with van der Waals surface area (Å²) in [6, 6.07) is 10.1. The van der Waals surface area contributed by atoms with Gasteiger partial charge in [-0.1, -0.05) is 13.0 Å². The largest absolute Gasteiger partial charge is 0.508 e. The standard InChI is InChI=1S/C21H21FN2O3/c1-3-9-23-20(26)12-17-13(2)24(19-8-7-16(25)11-18(17)19)21(27)14-5-4-6-15(22)10-14/h4-8,10-11,25H,3,9,12H2,1-2H3,(H,23,26). The van der Waals surface area contributed by atoms with Crippen molar-refractivity contribution in [2.24, 2.45) is 0 Å². The lowest BCUT2D eigenvalue weighted by Gasteiger charge is -2.08. The van der Waals surface area contributed by atoms with Crippen LogP contribution in [-0.4, -0.2) is 28.0 Å². The molecule has 0 aliphatic rings. The second-order valence-electron chi connectivity index (χ2n) is 6.44. The minimum absolute atomic E-state index is 0.0491. The van der Waals surface area contributed by atoms with Crippen molar-refractivity contribution in [2.75, 3.05) is 6.54 Å². The van der Waals surface area contributed by atoms with E-state index in [0.29, 0.717) is 28.7 Å². The summed E-state index contributed by atoms with van der Waals surface area (Å²) in [4.78, 5) is 25.3. The molecule has 6 heteroatoms. The molecule has 1 heterocycles. The van der Waals surface area contributed by atoms with Gasteiger partial charge in [0.15, 0.2) is 0 Å². The SMILES string of the molecule is CCCNC(=O)Cc1c(C)n(C(=O)c2cccc(F)c2)c2ccc(O)cc12. The highest BCUT2D eigenvalue weighted by molar-refractivity contribution is 6.05. The summed E-state index contributed by atoms with van der Waals surface area (Å²) in [5.74, 6) is -0.983. The van der Waals surface area contributed by atoms with Crippen LogP contribution in [-0.2, 0) is 11.2 Å². The molecule has 0 radical (unpaired) electrons. The van der Waals surface area contributed by atoms with Crippen LogP contribution < -0.4 is 5.32 Å². The third kappa shape index (κ3) is 3.69. The minimum Gasteiger partial charge on any atom is -0.508 e. The van der Waals surface area contributed by atoms with Crippen LogP contribution >= 0.6 is 0 Å². The lowest BCUT2D eigenvalue weighted by molar-refractivity contribution is -0.120. The number of nitrogens with one attached hydrogen (secondary N) is 1. The number of carbonyl (C=O) groups is 2. The monoisotopic (exact) mass is 368 g/mol. The number of phenolic OH excluding ortho intramolecular Hbond substituents is 1. The first-order valence-corrected chi connectivity index (χ1v) is 8.82. The average Bonchev–Trinajstić information content (AvgIpc) is 2.90. The summed E-state index contributed by atoms with van der Waals surface area (Å²) < 4.78 is 15.0. The van der Waals surface area contributed by atoms with E-state index in [9.17, 15) is 19.1 Å². The molecule has 2 aromatic carbocycles. The van der Waals surface area contributed by atoms with Crippen LogP contribution in [0.4, 0.5) is 4.39 Å². The number of amides is 1. The number of phenols is 1. The van der Waals surface area contributed by atoms with Gasteiger partial charge in [-0.05, 0) is 55.3 Å². The van der Waals surface area contributed by atoms with E-state index in [4.69, 9.17) is 0 Å². The van der Waals surface area contributed by atoms with Gasteiger partial charge in [0.05, 0.1) is 11.9 Å². The second kappa shape index (κ2) is 7.61. The van der Waals surface area contributed by atoms with E-state index in [-0.39, 0.29) is 29.5 Å². The van der Waals surface area contributed by atoms with Gasteiger partial charge in [0.1, 0.15) is 11.6 Å². The summed E-state index contributed by atoms with van der Waals surface area (Å²) in [6.45, 7) is 4.29. The Hall–Kier alpha value is -3.15. The van der Waals surface area contributed by atoms with Crippen LogP contribution in [0.1, 0.15) is 35.0 Å². The van der Waals surface area contributed by atoms with Crippen molar-refractivity contribution < 1.29 is 19.1 Å². The summed E-state index contributed by atoms with van der Waals surface area (Å²) in [5, 5.41) is 13.3. The molecule has 1 amide bonds. The molecule has 0 saturated heterocycles. The van der Waals surface area contributed by atoms with Crippen LogP contribution in [0.15, 0.2) is 42.5 Å². The van der Waals surface area contributed by atoms with Crippen molar-refractivity contribution in [2.45, 2.75) is 26.7 Å². The van der Waals surface area contributed by atoms with E-state index in [1.54, 1.807) is 25.1 Å². The summed E-state index contributed by atoms with van der Waals surface area (Å²) >= 11 is 0. The van der Waals surface area contributed by atoms with Crippen molar-refractivity contribution in [3.05, 3.63) is 65.1 Å². The zero-order valence-electron chi connectivity index (χ0n) is 15.3. The maximum Gasteiger partial charge on any atom is 0.262 e. The molecule has 3 aromatic rings. The molecule has 2 N–H and O–H groups in total. The third-order valence-corrected chi connectivity index (χ3v) is 4.50. The van der Waals surface area contributed by atoms with E-state index in [2.05, 4.69) is 5.32 Å². The molecule has 0 bridgehead atoms. The van der Waals surface area contributed by atoms with Gasteiger partial charge < -0.3 is 10.4 Å². The minimum atomic E-state index is -0.494. The van der Waals surface area contributed by atoms with Gasteiger partial charge in [-0.3, -0.25) is 14.2 Å².